The van der Waals surface area contributed by atoms with Crippen LogP contribution in [0.25, 0.3) is 0 Å². The number of carbonyl (C=O) groups is 3. The summed E-state index contributed by atoms with van der Waals surface area (Å²) < 4.78 is -0.761. The highest BCUT2D eigenvalue weighted by Crippen LogP contribution is 2.68. The van der Waals surface area contributed by atoms with Crippen molar-refractivity contribution in [3.8, 4) is 0 Å². The molecule has 0 aliphatic carbocycles. The van der Waals surface area contributed by atoms with E-state index in [1.165, 1.54) is 0 Å². The number of aliphatic hydroxyl groups is 1. The molecule has 2 bridgehead atoms. The van der Waals surface area contributed by atoms with Gasteiger partial charge in [-0.1, -0.05) is 72.3 Å². The molecule has 1 aromatic carbocycles. The fourth-order valence-electron chi connectivity index (χ4n) is 6.75. The first-order chi connectivity index (χ1) is 18.6. The van der Waals surface area contributed by atoms with Gasteiger partial charge in [0.05, 0.1) is 29.2 Å². The van der Waals surface area contributed by atoms with Crippen LogP contribution in [0.3, 0.4) is 0 Å². The minimum absolute atomic E-state index is 0.00691. The molecule has 1 aromatic rings. The Morgan fingerprint density at radius 3 is 2.46 bits per heavy atom. The van der Waals surface area contributed by atoms with Crippen molar-refractivity contribution in [2.45, 2.75) is 60.1 Å². The molecule has 0 aromatic heterocycles. The van der Waals surface area contributed by atoms with Gasteiger partial charge in [-0.15, -0.1) is 24.9 Å². The van der Waals surface area contributed by atoms with Crippen LogP contribution in [0.5, 0.6) is 0 Å². The fraction of sp³-hybridized carbons (Fsp3) is 0.567. The predicted molar refractivity (Wildman–Crippen MR) is 159 cm³/mol. The van der Waals surface area contributed by atoms with Crippen molar-refractivity contribution in [3.63, 3.8) is 0 Å². The number of rotatable bonds is 12. The second-order valence-corrected chi connectivity index (χ2v) is 14.1. The minimum Gasteiger partial charge on any atom is -0.394 e. The number of likely N-dealkylation sites (N-methyl/N-ethyl adjacent to an activating group) is 1. The van der Waals surface area contributed by atoms with E-state index in [-0.39, 0.29) is 40.3 Å². The Labute approximate surface area is 244 Å². The van der Waals surface area contributed by atoms with E-state index in [0.717, 1.165) is 5.56 Å². The van der Waals surface area contributed by atoms with E-state index in [1.54, 1.807) is 45.7 Å². The summed E-state index contributed by atoms with van der Waals surface area (Å²) in [6.45, 7) is 12.6. The Kier molecular flexibility index (Phi) is 9.33. The lowest BCUT2D eigenvalue weighted by atomic mass is 9.70. The van der Waals surface area contributed by atoms with Gasteiger partial charge in [-0.2, -0.15) is 0 Å². The number of alkyl halides is 1. The third-order valence-electron chi connectivity index (χ3n) is 8.25. The molecular weight excluding hydrogens is 578 g/mol. The van der Waals surface area contributed by atoms with Gasteiger partial charge in [-0.25, -0.2) is 0 Å². The van der Waals surface area contributed by atoms with Gasteiger partial charge < -0.3 is 19.8 Å². The number of halogens is 1. The maximum atomic E-state index is 14.6. The summed E-state index contributed by atoms with van der Waals surface area (Å²) in [6.07, 6.45) is 4.55. The van der Waals surface area contributed by atoms with Crippen LogP contribution in [0.15, 0.2) is 55.6 Å². The summed E-state index contributed by atoms with van der Waals surface area (Å²) in [5.41, 5.74) is 0.986. The van der Waals surface area contributed by atoms with Crippen LogP contribution in [-0.2, 0) is 20.9 Å². The molecule has 4 rings (SSSR count). The second kappa shape index (κ2) is 12.2. The Morgan fingerprint density at radius 2 is 1.87 bits per heavy atom. The predicted octanol–water partition coefficient (Wildman–Crippen LogP) is 3.72. The first kappa shape index (κ1) is 29.9. The lowest BCUT2D eigenvalue weighted by Gasteiger charge is -2.40. The molecule has 3 amide bonds. The van der Waals surface area contributed by atoms with E-state index in [9.17, 15) is 19.5 Å². The van der Waals surface area contributed by atoms with E-state index in [1.807, 2.05) is 44.2 Å². The second-order valence-electron chi connectivity index (χ2n) is 11.4. The third-order valence-corrected chi connectivity index (χ3v) is 11.5. The lowest BCUT2D eigenvalue weighted by molar-refractivity contribution is -0.147. The number of thioether (sulfide) groups is 1. The fourth-order valence-corrected chi connectivity index (χ4v) is 10.3. The topological polar surface area (TPSA) is 81.2 Å². The summed E-state index contributed by atoms with van der Waals surface area (Å²) in [5, 5.41) is 10.4. The van der Waals surface area contributed by atoms with Gasteiger partial charge in [0.25, 0.3) is 0 Å². The van der Waals surface area contributed by atoms with Crippen molar-refractivity contribution in [2.75, 3.05) is 26.7 Å². The smallest absolute Gasteiger partial charge is 0.247 e. The SMILES string of the molecule is C=CCN(C)C(=O)[C@H]1[C@@H]2SC3(CC2Br)C(C(=O)N(CC=C)Cc2ccccc2)N([C@@H](CO)CC(C)C)C(=O)[C@H]13. The number of hydrogen-bond acceptors (Lipinski definition) is 5. The molecule has 0 radical (unpaired) electrons. The average molecular weight is 619 g/mol. The molecule has 3 aliphatic heterocycles. The monoisotopic (exact) mass is 617 g/mol. The molecule has 39 heavy (non-hydrogen) atoms. The molecule has 3 unspecified atom stereocenters. The van der Waals surface area contributed by atoms with Crippen LogP contribution in [0.4, 0.5) is 0 Å². The normalized spacial score (nSPS) is 29.8. The van der Waals surface area contributed by atoms with Crippen molar-refractivity contribution in [1.82, 2.24) is 14.7 Å². The molecule has 1 N–H and O–H groups in total. The van der Waals surface area contributed by atoms with Crippen LogP contribution in [-0.4, -0.2) is 91.2 Å². The van der Waals surface area contributed by atoms with Gasteiger partial charge in [-0.05, 0) is 24.3 Å². The van der Waals surface area contributed by atoms with Gasteiger partial charge in [-0.3, -0.25) is 14.4 Å². The van der Waals surface area contributed by atoms with E-state index in [4.69, 9.17) is 0 Å². The Hall–Kier alpha value is -2.10. The van der Waals surface area contributed by atoms with Gasteiger partial charge in [0.1, 0.15) is 6.04 Å². The zero-order chi connectivity index (χ0) is 28.5. The molecular formula is C30H40BrN3O4S. The van der Waals surface area contributed by atoms with Crippen LogP contribution in [0.2, 0.25) is 0 Å². The highest BCUT2D eigenvalue weighted by molar-refractivity contribution is 9.09. The van der Waals surface area contributed by atoms with Gasteiger partial charge >= 0.3 is 0 Å². The van der Waals surface area contributed by atoms with Crippen molar-refractivity contribution in [1.29, 1.82) is 0 Å². The number of amides is 3. The molecule has 212 valence electrons. The average Bonchev–Trinajstić information content (AvgIpc) is 3.50. The van der Waals surface area contributed by atoms with E-state index >= 15 is 0 Å². The Balaban J connectivity index is 1.80. The standard InChI is InChI=1S/C30H40BrN3O4S/c1-6-13-32(5)27(36)23-24-28(37)34(21(18-35)15-19(3)4)26(30(24)16-22(31)25(23)39-30)29(38)33(14-7-2)17-20-11-9-8-10-12-20/h6-12,19,21-26,35H,1-2,13-18H2,3-5H3/t21-,22?,23-,24+,25-,26?,30?/m1/s1. The number of benzene rings is 1. The molecule has 1 spiro atoms. The molecule has 7 nitrogen and oxygen atoms in total. The molecule has 3 heterocycles. The molecule has 3 fully saturated rings. The molecule has 9 heteroatoms. The number of carbonyl (C=O) groups excluding carboxylic acids is 3. The summed E-state index contributed by atoms with van der Waals surface area (Å²) in [7, 11) is 1.73. The van der Waals surface area contributed by atoms with Gasteiger partial charge in [0.2, 0.25) is 17.7 Å². The van der Waals surface area contributed by atoms with Crippen molar-refractivity contribution >= 4 is 45.4 Å². The van der Waals surface area contributed by atoms with Crippen molar-refractivity contribution < 1.29 is 19.5 Å². The first-order valence-electron chi connectivity index (χ1n) is 13.7. The number of fused-ring (bicyclic) bond motifs is 1. The largest absolute Gasteiger partial charge is 0.394 e. The summed E-state index contributed by atoms with van der Waals surface area (Å²) in [4.78, 5) is 47.8. The number of likely N-dealkylation sites (tertiary alicyclic amines) is 1. The van der Waals surface area contributed by atoms with Gasteiger partial charge in [0.15, 0.2) is 0 Å². The van der Waals surface area contributed by atoms with Gasteiger partial charge in [0, 0.05) is 36.8 Å². The Morgan fingerprint density at radius 1 is 1.21 bits per heavy atom. The van der Waals surface area contributed by atoms with Crippen LogP contribution in [0.1, 0.15) is 32.3 Å². The number of hydrogen-bond donors (Lipinski definition) is 1. The highest BCUT2D eigenvalue weighted by atomic mass is 79.9. The van der Waals surface area contributed by atoms with E-state index < -0.39 is 28.7 Å². The molecule has 3 saturated heterocycles. The third kappa shape index (κ3) is 5.34. The maximum Gasteiger partial charge on any atom is 0.247 e. The number of nitrogens with zero attached hydrogens (tertiary/aromatic N) is 3. The highest BCUT2D eigenvalue weighted by Gasteiger charge is 2.76. The summed E-state index contributed by atoms with van der Waals surface area (Å²) in [5.74, 6) is -1.41. The minimum atomic E-state index is -0.785. The number of aliphatic hydroxyl groups excluding tert-OH is 1. The first-order valence-corrected chi connectivity index (χ1v) is 15.4. The zero-order valence-electron chi connectivity index (χ0n) is 23.0. The van der Waals surface area contributed by atoms with E-state index in [2.05, 4.69) is 29.1 Å². The van der Waals surface area contributed by atoms with Crippen LogP contribution in [0, 0.1) is 17.8 Å². The van der Waals surface area contributed by atoms with Crippen LogP contribution < -0.4 is 0 Å². The molecule has 0 saturated carbocycles. The summed E-state index contributed by atoms with van der Waals surface area (Å²) in [6, 6.07) is 8.48. The van der Waals surface area contributed by atoms with Crippen molar-refractivity contribution in [3.05, 3.63) is 61.2 Å². The summed E-state index contributed by atoms with van der Waals surface area (Å²) >= 11 is 5.45. The maximum absolute atomic E-state index is 14.6. The molecule has 3 aliphatic rings. The van der Waals surface area contributed by atoms with E-state index in [0.29, 0.717) is 32.5 Å². The van der Waals surface area contributed by atoms with Crippen LogP contribution >= 0.6 is 27.7 Å². The zero-order valence-corrected chi connectivity index (χ0v) is 25.4. The Bertz CT molecular complexity index is 1100. The lowest BCUT2D eigenvalue weighted by Crippen LogP contribution is -2.58. The molecule has 7 atom stereocenters. The van der Waals surface area contributed by atoms with Crippen molar-refractivity contribution in [2.24, 2.45) is 17.8 Å². The quantitative estimate of drug-likeness (QED) is 0.286.